The summed E-state index contributed by atoms with van der Waals surface area (Å²) in [7, 11) is -3.35. The lowest BCUT2D eigenvalue weighted by Crippen LogP contribution is -2.30. The van der Waals surface area contributed by atoms with Gasteiger partial charge in [-0.2, -0.15) is 0 Å². The predicted molar refractivity (Wildman–Crippen MR) is 70.9 cm³/mol. The first-order chi connectivity index (χ1) is 7.99. The average molecular weight is 271 g/mol. The lowest BCUT2D eigenvalue weighted by atomic mass is 10.1. The zero-order valence-electron chi connectivity index (χ0n) is 10.1. The maximum atomic E-state index is 12.0. The summed E-state index contributed by atoms with van der Waals surface area (Å²) in [5.74, 6) is 1.13. The monoisotopic (exact) mass is 271 g/mol. The Bertz CT molecular complexity index is 509. The maximum absolute atomic E-state index is 12.0. The first kappa shape index (κ1) is 12.9. The van der Waals surface area contributed by atoms with Crippen molar-refractivity contribution >= 4 is 21.8 Å². The number of rotatable bonds is 3. The van der Waals surface area contributed by atoms with Crippen LogP contribution in [-0.2, 0) is 16.4 Å². The second kappa shape index (κ2) is 5.00. The van der Waals surface area contributed by atoms with E-state index < -0.39 is 10.0 Å². The van der Waals surface area contributed by atoms with Gasteiger partial charge in [-0.15, -0.1) is 11.8 Å². The van der Waals surface area contributed by atoms with Crippen LogP contribution in [0, 0.1) is 0 Å². The molecule has 0 radical (unpaired) electrons. The van der Waals surface area contributed by atoms with Crippen molar-refractivity contribution in [3.05, 3.63) is 23.8 Å². The molecule has 0 fully saturated rings. The molecule has 0 amide bonds. The third-order valence-electron chi connectivity index (χ3n) is 2.58. The fourth-order valence-corrected chi connectivity index (χ4v) is 4.20. The molecule has 0 atom stereocenters. The average Bonchev–Trinajstić information content (AvgIpc) is 2.26. The Morgan fingerprint density at radius 2 is 2.12 bits per heavy atom. The maximum Gasteiger partial charge on any atom is 0.240 e. The molecule has 17 heavy (non-hydrogen) atoms. The van der Waals surface area contributed by atoms with Crippen LogP contribution in [0.1, 0.15) is 25.8 Å². The topological polar surface area (TPSA) is 46.2 Å². The number of hydrogen-bond donors (Lipinski definition) is 1. The van der Waals surface area contributed by atoms with Gasteiger partial charge in [-0.1, -0.05) is 0 Å². The highest BCUT2D eigenvalue weighted by Crippen LogP contribution is 2.31. The number of hydrogen-bond acceptors (Lipinski definition) is 3. The van der Waals surface area contributed by atoms with E-state index in [9.17, 15) is 8.42 Å². The van der Waals surface area contributed by atoms with Gasteiger partial charge in [0, 0.05) is 10.9 Å². The molecule has 0 aliphatic carbocycles. The quantitative estimate of drug-likeness (QED) is 0.918. The molecule has 94 valence electrons. The van der Waals surface area contributed by atoms with Crippen LogP contribution < -0.4 is 4.72 Å². The van der Waals surface area contributed by atoms with Crippen LogP contribution in [0.25, 0.3) is 0 Å². The van der Waals surface area contributed by atoms with Gasteiger partial charge in [0.15, 0.2) is 0 Å². The van der Waals surface area contributed by atoms with Gasteiger partial charge in [0.1, 0.15) is 0 Å². The van der Waals surface area contributed by atoms with Crippen molar-refractivity contribution in [1.29, 1.82) is 0 Å². The summed E-state index contributed by atoms with van der Waals surface area (Å²) >= 11 is 1.81. The largest absolute Gasteiger partial charge is 0.240 e. The van der Waals surface area contributed by atoms with Crippen LogP contribution in [0.4, 0.5) is 0 Å². The summed E-state index contributed by atoms with van der Waals surface area (Å²) in [6.45, 7) is 3.65. The van der Waals surface area contributed by atoms with Crippen LogP contribution in [0.3, 0.4) is 0 Å². The van der Waals surface area contributed by atoms with E-state index in [1.165, 1.54) is 4.90 Å². The molecule has 0 saturated heterocycles. The Morgan fingerprint density at radius 1 is 1.35 bits per heavy atom. The van der Waals surface area contributed by atoms with E-state index >= 15 is 0 Å². The molecular weight excluding hydrogens is 254 g/mol. The normalized spacial score (nSPS) is 15.9. The van der Waals surface area contributed by atoms with Crippen LogP contribution in [0.15, 0.2) is 28.0 Å². The number of benzene rings is 1. The fraction of sp³-hybridized carbons (Fsp3) is 0.500. The summed E-state index contributed by atoms with van der Waals surface area (Å²) in [4.78, 5) is 1.60. The van der Waals surface area contributed by atoms with Gasteiger partial charge in [0.05, 0.1) is 4.90 Å². The van der Waals surface area contributed by atoms with E-state index in [1.807, 2.05) is 26.0 Å². The van der Waals surface area contributed by atoms with E-state index in [0.29, 0.717) is 4.90 Å². The highest BCUT2D eigenvalue weighted by molar-refractivity contribution is 7.99. The molecule has 5 heteroatoms. The van der Waals surface area contributed by atoms with Gasteiger partial charge in [-0.25, -0.2) is 13.1 Å². The van der Waals surface area contributed by atoms with Crippen molar-refractivity contribution in [3.8, 4) is 0 Å². The van der Waals surface area contributed by atoms with Crippen molar-refractivity contribution in [2.45, 2.75) is 42.5 Å². The van der Waals surface area contributed by atoms with E-state index in [4.69, 9.17) is 0 Å². The van der Waals surface area contributed by atoms with Gasteiger partial charge >= 0.3 is 0 Å². The number of thioether (sulfide) groups is 1. The lowest BCUT2D eigenvalue weighted by Gasteiger charge is -2.16. The molecule has 0 aromatic heterocycles. The molecule has 0 bridgehead atoms. The lowest BCUT2D eigenvalue weighted by molar-refractivity contribution is 0.569. The summed E-state index contributed by atoms with van der Waals surface area (Å²) in [5, 5.41) is 0. The minimum atomic E-state index is -3.35. The molecule has 1 aliphatic rings. The van der Waals surface area contributed by atoms with Gasteiger partial charge in [0.2, 0.25) is 10.0 Å². The van der Waals surface area contributed by atoms with Crippen molar-refractivity contribution in [3.63, 3.8) is 0 Å². The Balaban J connectivity index is 2.34. The van der Waals surface area contributed by atoms with Crippen molar-refractivity contribution in [1.82, 2.24) is 4.72 Å². The van der Waals surface area contributed by atoms with Crippen LogP contribution in [0.2, 0.25) is 0 Å². The van der Waals surface area contributed by atoms with Crippen LogP contribution in [-0.4, -0.2) is 20.2 Å². The Morgan fingerprint density at radius 3 is 2.82 bits per heavy atom. The summed E-state index contributed by atoms with van der Waals surface area (Å²) in [5.41, 5.74) is 1.16. The van der Waals surface area contributed by atoms with E-state index in [0.717, 1.165) is 24.2 Å². The molecule has 0 spiro atoms. The molecule has 1 aliphatic heterocycles. The summed E-state index contributed by atoms with van der Waals surface area (Å²) < 4.78 is 26.6. The van der Waals surface area contributed by atoms with Crippen molar-refractivity contribution < 1.29 is 8.42 Å². The summed E-state index contributed by atoms with van der Waals surface area (Å²) in [6.07, 6.45) is 2.10. The number of aryl methyl sites for hydroxylation is 1. The first-order valence-electron chi connectivity index (χ1n) is 5.77. The minimum Gasteiger partial charge on any atom is -0.209 e. The third-order valence-corrected chi connectivity index (χ3v) is 5.44. The minimum absolute atomic E-state index is 0.0783. The third kappa shape index (κ3) is 3.03. The SMILES string of the molecule is CC(C)NS(=O)(=O)c1ccc2c(c1)CCCS2. The number of sulfonamides is 1. The van der Waals surface area contributed by atoms with Crippen LogP contribution >= 0.6 is 11.8 Å². The van der Waals surface area contributed by atoms with E-state index in [-0.39, 0.29) is 6.04 Å². The number of fused-ring (bicyclic) bond motifs is 1. The van der Waals surface area contributed by atoms with E-state index in [2.05, 4.69) is 4.72 Å². The van der Waals surface area contributed by atoms with Gasteiger partial charge in [-0.3, -0.25) is 0 Å². The first-order valence-corrected chi connectivity index (χ1v) is 8.24. The van der Waals surface area contributed by atoms with Crippen molar-refractivity contribution in [2.24, 2.45) is 0 Å². The second-order valence-electron chi connectivity index (χ2n) is 4.50. The number of nitrogens with one attached hydrogen (secondary N) is 1. The van der Waals surface area contributed by atoms with Gasteiger partial charge < -0.3 is 0 Å². The Hall–Kier alpha value is -0.520. The molecule has 1 aromatic carbocycles. The molecule has 0 unspecified atom stereocenters. The Kier molecular flexibility index (Phi) is 3.80. The molecule has 1 heterocycles. The van der Waals surface area contributed by atoms with Gasteiger partial charge in [-0.05, 0) is 56.2 Å². The highest BCUT2D eigenvalue weighted by Gasteiger charge is 2.18. The predicted octanol–water partition coefficient (Wildman–Crippen LogP) is 2.41. The van der Waals surface area contributed by atoms with E-state index in [1.54, 1.807) is 17.8 Å². The van der Waals surface area contributed by atoms with Crippen molar-refractivity contribution in [2.75, 3.05) is 5.75 Å². The smallest absolute Gasteiger partial charge is 0.209 e. The molecule has 2 rings (SSSR count). The molecule has 1 N–H and O–H groups in total. The molecule has 1 aromatic rings. The molecule has 3 nitrogen and oxygen atoms in total. The zero-order chi connectivity index (χ0) is 12.5. The van der Waals surface area contributed by atoms with Crippen LogP contribution in [0.5, 0.6) is 0 Å². The Labute approximate surface area is 107 Å². The molecular formula is C12H17NO2S2. The zero-order valence-corrected chi connectivity index (χ0v) is 11.7. The molecule has 0 saturated carbocycles. The fourth-order valence-electron chi connectivity index (χ4n) is 1.88. The summed E-state index contributed by atoms with van der Waals surface area (Å²) in [6, 6.07) is 5.35. The second-order valence-corrected chi connectivity index (χ2v) is 7.35. The van der Waals surface area contributed by atoms with Gasteiger partial charge in [0.25, 0.3) is 0 Å². The highest BCUT2D eigenvalue weighted by atomic mass is 32.2. The standard InChI is InChI=1S/C12H17NO2S2/c1-9(2)13-17(14,15)11-5-6-12-10(8-11)4-3-7-16-12/h5-6,8-9,13H,3-4,7H2,1-2H3.